The summed E-state index contributed by atoms with van der Waals surface area (Å²) in [4.78, 5) is 10.9. The number of nitrogens with zero attached hydrogens (tertiary/aromatic N) is 1. The van der Waals surface area contributed by atoms with Crippen LogP contribution in [0.2, 0.25) is 5.02 Å². The van der Waals surface area contributed by atoms with Gasteiger partial charge in [-0.15, -0.1) is 0 Å². The molecular weight excluding hydrogens is 466 g/mol. The molecule has 0 bridgehead atoms. The van der Waals surface area contributed by atoms with Crippen molar-refractivity contribution in [3.05, 3.63) is 117 Å². The van der Waals surface area contributed by atoms with Crippen LogP contribution in [0.1, 0.15) is 60.6 Å². The molecule has 0 aliphatic carbocycles. The largest absolute Gasteiger partial charge is 0.478 e. The van der Waals surface area contributed by atoms with Gasteiger partial charge in [0.25, 0.3) is 0 Å². The number of halogens is 1. The van der Waals surface area contributed by atoms with Crippen LogP contribution in [0.3, 0.4) is 0 Å². The van der Waals surface area contributed by atoms with E-state index in [0.29, 0.717) is 17.0 Å². The van der Waals surface area contributed by atoms with Crippen LogP contribution in [0.5, 0.6) is 0 Å². The maximum atomic E-state index is 10.9. The van der Waals surface area contributed by atoms with Gasteiger partial charge in [-0.05, 0) is 82.0 Å². The Morgan fingerprint density at radius 1 is 1.08 bits per heavy atom. The predicted molar refractivity (Wildman–Crippen MR) is 150 cm³/mol. The lowest BCUT2D eigenvalue weighted by Crippen LogP contribution is -2.03. The summed E-state index contributed by atoms with van der Waals surface area (Å²) in [5, 5.41) is 19.4. The third kappa shape index (κ3) is 6.42. The Balaban J connectivity index is 2.36. The fraction of sp³-hybridized carbons (Fsp3) is 0.188. The van der Waals surface area contributed by atoms with E-state index in [1.807, 2.05) is 48.5 Å². The van der Waals surface area contributed by atoms with Crippen LogP contribution >= 0.6 is 11.6 Å². The van der Waals surface area contributed by atoms with Crippen molar-refractivity contribution in [3.8, 4) is 6.07 Å². The van der Waals surface area contributed by atoms with Crippen molar-refractivity contribution >= 4 is 40.9 Å². The van der Waals surface area contributed by atoms with Gasteiger partial charge in [0.2, 0.25) is 0 Å². The standard InChI is InChI=1S/C32H30ClNO2/c1-5-28(29-16-15-27(33)18-26(29)20-34)32(24-13-10-23(11-14-24)12-17-31(35)36)30(21(2)3)19-25-9-7-6-8-22(25)4/h6-19,21H,5H2,1-4H3,(H,35,36)/b17-12+,30-19+,32-28+. The Morgan fingerprint density at radius 2 is 1.78 bits per heavy atom. The van der Waals surface area contributed by atoms with Crippen molar-refractivity contribution in [3.63, 3.8) is 0 Å². The zero-order valence-corrected chi connectivity index (χ0v) is 21.8. The summed E-state index contributed by atoms with van der Waals surface area (Å²) in [6.45, 7) is 8.55. The van der Waals surface area contributed by atoms with E-state index in [-0.39, 0.29) is 5.92 Å². The van der Waals surface area contributed by atoms with Gasteiger partial charge in [0.15, 0.2) is 0 Å². The van der Waals surface area contributed by atoms with Gasteiger partial charge >= 0.3 is 5.97 Å². The molecule has 0 atom stereocenters. The first kappa shape index (κ1) is 26.7. The number of aryl methyl sites for hydroxylation is 1. The second-order valence-electron chi connectivity index (χ2n) is 8.91. The molecular formula is C32H30ClNO2. The number of benzene rings is 3. The normalized spacial score (nSPS) is 12.5. The Hall–Kier alpha value is -3.87. The zero-order chi connectivity index (χ0) is 26.2. The van der Waals surface area contributed by atoms with E-state index in [0.717, 1.165) is 45.0 Å². The molecule has 0 saturated heterocycles. The number of hydrogen-bond donors (Lipinski definition) is 1. The monoisotopic (exact) mass is 495 g/mol. The molecule has 3 rings (SSSR count). The lowest BCUT2D eigenvalue weighted by molar-refractivity contribution is -0.131. The molecule has 4 heteroatoms. The van der Waals surface area contributed by atoms with Gasteiger partial charge in [-0.2, -0.15) is 5.26 Å². The Labute approximate surface area is 218 Å². The molecule has 182 valence electrons. The highest BCUT2D eigenvalue weighted by molar-refractivity contribution is 6.30. The smallest absolute Gasteiger partial charge is 0.328 e. The maximum Gasteiger partial charge on any atom is 0.328 e. The molecule has 0 amide bonds. The lowest BCUT2D eigenvalue weighted by Gasteiger charge is -2.23. The minimum atomic E-state index is -0.983. The summed E-state index contributed by atoms with van der Waals surface area (Å²) in [5.41, 5.74) is 8.84. The van der Waals surface area contributed by atoms with Gasteiger partial charge in [0.1, 0.15) is 0 Å². The maximum absolute atomic E-state index is 10.9. The van der Waals surface area contributed by atoms with Crippen LogP contribution in [0.25, 0.3) is 23.3 Å². The minimum absolute atomic E-state index is 0.200. The SMILES string of the molecule is CC/C(=C(\C(=C\c1ccccc1C)C(C)C)c1ccc(/C=C/C(=O)O)cc1)c1ccc(Cl)cc1C#N. The second-order valence-corrected chi connectivity index (χ2v) is 9.35. The van der Waals surface area contributed by atoms with Crippen molar-refractivity contribution in [2.45, 2.75) is 34.1 Å². The van der Waals surface area contributed by atoms with E-state index < -0.39 is 5.97 Å². The van der Waals surface area contributed by atoms with E-state index in [1.54, 1.807) is 12.1 Å². The first-order chi connectivity index (χ1) is 17.2. The number of carboxylic acid groups (broad SMARTS) is 1. The topological polar surface area (TPSA) is 61.1 Å². The van der Waals surface area contributed by atoms with Crippen LogP contribution in [0.4, 0.5) is 0 Å². The molecule has 0 radical (unpaired) electrons. The number of allylic oxidation sites excluding steroid dienone is 3. The molecule has 0 unspecified atom stereocenters. The van der Waals surface area contributed by atoms with Gasteiger partial charge < -0.3 is 5.11 Å². The number of carbonyl (C=O) groups is 1. The number of nitriles is 1. The van der Waals surface area contributed by atoms with E-state index in [1.165, 1.54) is 5.56 Å². The van der Waals surface area contributed by atoms with Crippen LogP contribution < -0.4 is 0 Å². The molecule has 0 fully saturated rings. The summed E-state index contributed by atoms with van der Waals surface area (Å²) in [5.74, 6) is -0.784. The van der Waals surface area contributed by atoms with Crippen molar-refractivity contribution in [1.82, 2.24) is 0 Å². The Kier molecular flexibility index (Phi) is 9.06. The van der Waals surface area contributed by atoms with E-state index in [9.17, 15) is 10.1 Å². The first-order valence-corrected chi connectivity index (χ1v) is 12.3. The van der Waals surface area contributed by atoms with E-state index in [2.05, 4.69) is 52.0 Å². The minimum Gasteiger partial charge on any atom is -0.478 e. The molecule has 36 heavy (non-hydrogen) atoms. The fourth-order valence-corrected chi connectivity index (χ4v) is 4.43. The lowest BCUT2D eigenvalue weighted by atomic mass is 9.81. The van der Waals surface area contributed by atoms with Crippen LogP contribution in [0, 0.1) is 24.2 Å². The average Bonchev–Trinajstić information content (AvgIpc) is 2.86. The highest BCUT2D eigenvalue weighted by atomic mass is 35.5. The quantitative estimate of drug-likeness (QED) is 0.193. The summed E-state index contributed by atoms with van der Waals surface area (Å²) >= 11 is 6.22. The average molecular weight is 496 g/mol. The van der Waals surface area contributed by atoms with E-state index >= 15 is 0 Å². The molecule has 3 aromatic rings. The number of carboxylic acids is 1. The summed E-state index contributed by atoms with van der Waals surface area (Å²) in [6.07, 6.45) is 5.67. The predicted octanol–water partition coefficient (Wildman–Crippen LogP) is 8.68. The second kappa shape index (κ2) is 12.2. The Morgan fingerprint density at radius 3 is 2.36 bits per heavy atom. The molecule has 3 aromatic carbocycles. The highest BCUT2D eigenvalue weighted by Gasteiger charge is 2.20. The van der Waals surface area contributed by atoms with Gasteiger partial charge in [-0.3, -0.25) is 0 Å². The molecule has 0 aliphatic rings. The van der Waals surface area contributed by atoms with Crippen LogP contribution in [-0.4, -0.2) is 11.1 Å². The number of hydrogen-bond acceptors (Lipinski definition) is 2. The number of rotatable bonds is 8. The molecule has 1 N–H and O–H groups in total. The zero-order valence-electron chi connectivity index (χ0n) is 21.0. The van der Waals surface area contributed by atoms with Gasteiger partial charge in [0.05, 0.1) is 11.6 Å². The molecule has 0 aliphatic heterocycles. The van der Waals surface area contributed by atoms with Gasteiger partial charge in [0, 0.05) is 11.1 Å². The van der Waals surface area contributed by atoms with Crippen molar-refractivity contribution < 1.29 is 9.90 Å². The third-order valence-corrected chi connectivity index (χ3v) is 6.35. The van der Waals surface area contributed by atoms with Crippen molar-refractivity contribution in [2.24, 2.45) is 5.92 Å². The van der Waals surface area contributed by atoms with E-state index in [4.69, 9.17) is 16.7 Å². The molecule has 3 nitrogen and oxygen atoms in total. The summed E-state index contributed by atoms with van der Waals surface area (Å²) < 4.78 is 0. The molecule has 0 saturated carbocycles. The first-order valence-electron chi connectivity index (χ1n) is 12.0. The van der Waals surface area contributed by atoms with Crippen molar-refractivity contribution in [2.75, 3.05) is 0 Å². The van der Waals surface area contributed by atoms with Gasteiger partial charge in [-0.1, -0.05) is 93.0 Å². The molecule has 0 aromatic heterocycles. The van der Waals surface area contributed by atoms with Crippen molar-refractivity contribution in [1.29, 1.82) is 5.26 Å². The van der Waals surface area contributed by atoms with Crippen LogP contribution in [0.15, 0.2) is 78.4 Å². The summed E-state index contributed by atoms with van der Waals surface area (Å²) in [7, 11) is 0. The summed E-state index contributed by atoms with van der Waals surface area (Å²) in [6, 6.07) is 23.9. The third-order valence-electron chi connectivity index (χ3n) is 6.11. The number of aliphatic carboxylic acids is 1. The fourth-order valence-electron chi connectivity index (χ4n) is 4.26. The Bertz CT molecular complexity index is 1390. The highest BCUT2D eigenvalue weighted by Crippen LogP contribution is 2.40. The van der Waals surface area contributed by atoms with Crippen LogP contribution in [-0.2, 0) is 4.79 Å². The molecule has 0 spiro atoms. The molecule has 0 heterocycles. The van der Waals surface area contributed by atoms with Gasteiger partial charge in [-0.25, -0.2) is 4.79 Å².